The molecule has 3 aliphatic rings. The smallest absolute Gasteiger partial charge is 0.256 e. The van der Waals surface area contributed by atoms with Crippen molar-refractivity contribution >= 4 is 11.6 Å². The first kappa shape index (κ1) is 15.9. The van der Waals surface area contributed by atoms with E-state index in [1.165, 1.54) is 19.4 Å². The lowest BCUT2D eigenvalue weighted by Gasteiger charge is -2.32. The predicted molar refractivity (Wildman–Crippen MR) is 94.6 cm³/mol. The summed E-state index contributed by atoms with van der Waals surface area (Å²) in [5.74, 6) is 0.200. The molecule has 130 valence electrons. The first-order valence-corrected chi connectivity index (χ1v) is 9.28. The van der Waals surface area contributed by atoms with E-state index in [0.29, 0.717) is 6.04 Å². The van der Waals surface area contributed by atoms with E-state index in [-0.39, 0.29) is 5.91 Å². The van der Waals surface area contributed by atoms with Crippen LogP contribution < -0.4 is 4.90 Å². The molecule has 0 radical (unpaired) electrons. The van der Waals surface area contributed by atoms with Gasteiger partial charge in [0.15, 0.2) is 0 Å². The van der Waals surface area contributed by atoms with Crippen molar-refractivity contribution in [3.8, 4) is 0 Å². The number of hydrogen-bond donors (Lipinski definition) is 0. The fraction of sp³-hybridized carbons (Fsp3) is 0.632. The van der Waals surface area contributed by atoms with Crippen molar-refractivity contribution < 1.29 is 9.53 Å². The van der Waals surface area contributed by atoms with Crippen LogP contribution in [0.3, 0.4) is 0 Å². The maximum Gasteiger partial charge on any atom is 0.256 e. The summed E-state index contributed by atoms with van der Waals surface area (Å²) in [7, 11) is 0. The number of para-hydroxylation sites is 1. The molecule has 5 heteroatoms. The lowest BCUT2D eigenvalue weighted by molar-refractivity contribution is 0.0743. The molecule has 3 saturated heterocycles. The SMILES string of the molecule is O=C(c1ccccc1N1CCOCC1)N1CCCN2CCC[C@@H]2C1. The van der Waals surface area contributed by atoms with Gasteiger partial charge in [-0.1, -0.05) is 12.1 Å². The Balaban J connectivity index is 1.55. The second-order valence-electron chi connectivity index (χ2n) is 7.05. The number of fused-ring (bicyclic) bond motifs is 1. The standard InChI is InChI=1S/C19H27N3O2/c23-19(22-10-4-9-20-8-3-5-16(20)15-22)17-6-1-2-7-18(17)21-11-13-24-14-12-21/h1-2,6-7,16H,3-5,8-15H2/t16-/m1/s1. The number of nitrogens with zero attached hydrogens (tertiary/aromatic N) is 3. The highest BCUT2D eigenvalue weighted by Gasteiger charge is 2.31. The zero-order chi connectivity index (χ0) is 16.4. The molecule has 1 aromatic carbocycles. The van der Waals surface area contributed by atoms with E-state index in [0.717, 1.165) is 63.6 Å². The molecule has 3 fully saturated rings. The first-order valence-electron chi connectivity index (χ1n) is 9.28. The molecular weight excluding hydrogens is 302 g/mol. The van der Waals surface area contributed by atoms with Crippen LogP contribution in [0.1, 0.15) is 29.6 Å². The van der Waals surface area contributed by atoms with Gasteiger partial charge in [-0.25, -0.2) is 0 Å². The topological polar surface area (TPSA) is 36.0 Å². The minimum atomic E-state index is 0.200. The molecule has 1 atom stereocenters. The maximum atomic E-state index is 13.3. The third-order valence-corrected chi connectivity index (χ3v) is 5.58. The Labute approximate surface area is 144 Å². The summed E-state index contributed by atoms with van der Waals surface area (Å²) in [6, 6.07) is 8.65. The Morgan fingerprint density at radius 1 is 1.00 bits per heavy atom. The molecule has 0 aliphatic carbocycles. The van der Waals surface area contributed by atoms with Gasteiger partial charge in [-0.3, -0.25) is 9.69 Å². The monoisotopic (exact) mass is 329 g/mol. The molecule has 24 heavy (non-hydrogen) atoms. The van der Waals surface area contributed by atoms with Crippen molar-refractivity contribution in [1.29, 1.82) is 0 Å². The summed E-state index contributed by atoms with van der Waals surface area (Å²) < 4.78 is 5.46. The number of morpholine rings is 1. The van der Waals surface area contributed by atoms with Gasteiger partial charge >= 0.3 is 0 Å². The molecule has 0 saturated carbocycles. The van der Waals surface area contributed by atoms with E-state index in [1.54, 1.807) is 0 Å². The van der Waals surface area contributed by atoms with Crippen molar-refractivity contribution in [3.63, 3.8) is 0 Å². The van der Waals surface area contributed by atoms with Crippen LogP contribution >= 0.6 is 0 Å². The van der Waals surface area contributed by atoms with Gasteiger partial charge < -0.3 is 14.5 Å². The Morgan fingerprint density at radius 2 is 1.79 bits per heavy atom. The van der Waals surface area contributed by atoms with Crippen LogP contribution in [0.4, 0.5) is 5.69 Å². The summed E-state index contributed by atoms with van der Waals surface area (Å²) >= 11 is 0. The average molecular weight is 329 g/mol. The molecule has 1 aromatic rings. The highest BCUT2D eigenvalue weighted by atomic mass is 16.5. The lowest BCUT2D eigenvalue weighted by atomic mass is 10.1. The Morgan fingerprint density at radius 3 is 2.67 bits per heavy atom. The van der Waals surface area contributed by atoms with Gasteiger partial charge in [0.25, 0.3) is 5.91 Å². The number of carbonyl (C=O) groups is 1. The van der Waals surface area contributed by atoms with E-state index in [2.05, 4.69) is 20.8 Å². The fourth-order valence-electron chi connectivity index (χ4n) is 4.30. The molecule has 3 aliphatic heterocycles. The van der Waals surface area contributed by atoms with Crippen LogP contribution in [0.15, 0.2) is 24.3 Å². The van der Waals surface area contributed by atoms with Gasteiger partial charge in [-0.05, 0) is 37.9 Å². The third kappa shape index (κ3) is 3.15. The Bertz CT molecular complexity index is 586. The molecule has 1 amide bonds. The minimum absolute atomic E-state index is 0.200. The summed E-state index contributed by atoms with van der Waals surface area (Å²) in [5.41, 5.74) is 1.92. The largest absolute Gasteiger partial charge is 0.378 e. The molecule has 0 spiro atoms. The fourth-order valence-corrected chi connectivity index (χ4v) is 4.30. The van der Waals surface area contributed by atoms with Gasteiger partial charge in [0.1, 0.15) is 0 Å². The van der Waals surface area contributed by atoms with Gasteiger partial charge in [-0.15, -0.1) is 0 Å². The number of anilines is 1. The number of carbonyl (C=O) groups excluding carboxylic acids is 1. The van der Waals surface area contributed by atoms with Crippen LogP contribution in [-0.2, 0) is 4.74 Å². The molecule has 5 nitrogen and oxygen atoms in total. The summed E-state index contributed by atoms with van der Waals surface area (Å²) in [5, 5.41) is 0. The van der Waals surface area contributed by atoms with Crippen LogP contribution in [0.2, 0.25) is 0 Å². The van der Waals surface area contributed by atoms with Crippen LogP contribution in [-0.4, -0.2) is 74.2 Å². The zero-order valence-corrected chi connectivity index (χ0v) is 14.3. The molecule has 4 rings (SSSR count). The first-order chi connectivity index (χ1) is 11.8. The van der Waals surface area contributed by atoms with E-state index in [1.807, 2.05) is 18.2 Å². The van der Waals surface area contributed by atoms with Crippen molar-refractivity contribution in [2.45, 2.75) is 25.3 Å². The average Bonchev–Trinajstić information content (AvgIpc) is 2.98. The number of amides is 1. The van der Waals surface area contributed by atoms with Gasteiger partial charge in [0, 0.05) is 44.5 Å². The molecule has 0 unspecified atom stereocenters. The highest BCUT2D eigenvalue weighted by Crippen LogP contribution is 2.26. The van der Waals surface area contributed by atoms with E-state index >= 15 is 0 Å². The maximum absolute atomic E-state index is 13.3. The summed E-state index contributed by atoms with van der Waals surface area (Å²) in [4.78, 5) is 20.2. The number of rotatable bonds is 2. The number of ether oxygens (including phenoxy) is 1. The molecule has 0 N–H and O–H groups in total. The predicted octanol–water partition coefficient (Wildman–Crippen LogP) is 1.83. The van der Waals surface area contributed by atoms with Gasteiger partial charge in [-0.2, -0.15) is 0 Å². The minimum Gasteiger partial charge on any atom is -0.378 e. The summed E-state index contributed by atoms with van der Waals surface area (Å²) in [6.45, 7) is 7.31. The van der Waals surface area contributed by atoms with E-state index < -0.39 is 0 Å². The van der Waals surface area contributed by atoms with Crippen LogP contribution in [0.25, 0.3) is 0 Å². The van der Waals surface area contributed by atoms with Gasteiger partial charge in [0.05, 0.1) is 18.8 Å². The van der Waals surface area contributed by atoms with Crippen molar-refractivity contribution in [3.05, 3.63) is 29.8 Å². The van der Waals surface area contributed by atoms with E-state index in [9.17, 15) is 4.79 Å². The quantitative estimate of drug-likeness (QED) is 0.829. The molecule has 0 bridgehead atoms. The lowest BCUT2D eigenvalue weighted by Crippen LogP contribution is -2.41. The van der Waals surface area contributed by atoms with Crippen molar-refractivity contribution in [2.24, 2.45) is 0 Å². The zero-order valence-electron chi connectivity index (χ0n) is 14.3. The number of hydrogen-bond acceptors (Lipinski definition) is 4. The Hall–Kier alpha value is -1.59. The third-order valence-electron chi connectivity index (χ3n) is 5.58. The summed E-state index contributed by atoms with van der Waals surface area (Å²) in [6.07, 6.45) is 3.59. The second-order valence-corrected chi connectivity index (χ2v) is 7.05. The van der Waals surface area contributed by atoms with Gasteiger partial charge in [0.2, 0.25) is 0 Å². The van der Waals surface area contributed by atoms with E-state index in [4.69, 9.17) is 4.74 Å². The van der Waals surface area contributed by atoms with Crippen molar-refractivity contribution in [1.82, 2.24) is 9.80 Å². The van der Waals surface area contributed by atoms with Crippen LogP contribution in [0.5, 0.6) is 0 Å². The normalized spacial score (nSPS) is 25.4. The molecular formula is C19H27N3O2. The highest BCUT2D eigenvalue weighted by molar-refractivity contribution is 6.00. The number of benzene rings is 1. The Kier molecular flexibility index (Phi) is 4.72. The second kappa shape index (κ2) is 7.11. The molecule has 3 heterocycles. The van der Waals surface area contributed by atoms with Crippen molar-refractivity contribution in [2.75, 3.05) is 57.4 Å². The molecule has 0 aromatic heterocycles. The van der Waals surface area contributed by atoms with Crippen LogP contribution in [0, 0.1) is 0 Å².